The maximum atomic E-state index is 13.4. The van der Waals surface area contributed by atoms with Crippen molar-refractivity contribution in [1.82, 2.24) is 9.47 Å². The number of esters is 1. The monoisotopic (exact) mass is 449 g/mol. The minimum Gasteiger partial charge on any atom is -0.462 e. The summed E-state index contributed by atoms with van der Waals surface area (Å²) in [5.74, 6) is -0.359. The predicted octanol–water partition coefficient (Wildman–Crippen LogP) is 5.70. The van der Waals surface area contributed by atoms with Crippen molar-refractivity contribution in [3.8, 4) is 5.00 Å². The van der Waals surface area contributed by atoms with Gasteiger partial charge in [0.25, 0.3) is 0 Å². The van der Waals surface area contributed by atoms with Crippen molar-refractivity contribution >= 4 is 29.0 Å². The van der Waals surface area contributed by atoms with Crippen molar-refractivity contribution in [2.45, 2.75) is 52.1 Å². The van der Waals surface area contributed by atoms with Gasteiger partial charge in [0.1, 0.15) is 5.00 Å². The van der Waals surface area contributed by atoms with E-state index < -0.39 is 0 Å². The smallest absolute Gasteiger partial charge is 0.338 e. The molecule has 0 saturated carbocycles. The summed E-state index contributed by atoms with van der Waals surface area (Å²) in [6.07, 6.45) is 6.80. The quantitative estimate of drug-likeness (QED) is 0.522. The number of anilines is 1. The van der Waals surface area contributed by atoms with Gasteiger partial charge in [-0.25, -0.2) is 9.59 Å². The summed E-state index contributed by atoms with van der Waals surface area (Å²) < 4.78 is 7.30. The van der Waals surface area contributed by atoms with Crippen LogP contribution in [-0.4, -0.2) is 28.1 Å². The van der Waals surface area contributed by atoms with E-state index in [1.165, 1.54) is 33.8 Å². The van der Waals surface area contributed by atoms with Gasteiger partial charge in [-0.2, -0.15) is 0 Å². The fourth-order valence-corrected chi connectivity index (χ4v) is 6.11. The zero-order chi connectivity index (χ0) is 22.2. The lowest BCUT2D eigenvalue weighted by Gasteiger charge is -2.28. The number of carbonyl (C=O) groups is 2. The summed E-state index contributed by atoms with van der Waals surface area (Å²) in [6.45, 7) is 4.79. The van der Waals surface area contributed by atoms with E-state index in [-0.39, 0.29) is 18.0 Å². The summed E-state index contributed by atoms with van der Waals surface area (Å²) in [5.41, 5.74) is 4.99. The molecule has 0 saturated heterocycles. The number of urea groups is 1. The number of hydrogen-bond acceptors (Lipinski definition) is 4. The van der Waals surface area contributed by atoms with Crippen LogP contribution in [-0.2, 0) is 24.1 Å². The summed E-state index contributed by atoms with van der Waals surface area (Å²) in [7, 11) is 0. The average molecular weight is 450 g/mol. The van der Waals surface area contributed by atoms with Gasteiger partial charge >= 0.3 is 12.0 Å². The number of aryl methyl sites for hydroxylation is 1. The number of nitrogens with zero attached hydrogens (tertiary/aromatic N) is 2. The molecule has 0 fully saturated rings. The van der Waals surface area contributed by atoms with Crippen molar-refractivity contribution in [3.63, 3.8) is 0 Å². The van der Waals surface area contributed by atoms with Crippen LogP contribution in [0.15, 0.2) is 42.6 Å². The molecule has 1 atom stereocenters. The maximum Gasteiger partial charge on any atom is 0.338 e. The Morgan fingerprint density at radius 3 is 2.69 bits per heavy atom. The second-order valence-corrected chi connectivity index (χ2v) is 9.41. The van der Waals surface area contributed by atoms with E-state index in [0.29, 0.717) is 24.4 Å². The molecular weight excluding hydrogens is 422 g/mol. The van der Waals surface area contributed by atoms with Gasteiger partial charge in [-0.1, -0.05) is 0 Å². The zero-order valence-corrected chi connectivity index (χ0v) is 19.2. The van der Waals surface area contributed by atoms with Gasteiger partial charge in [-0.15, -0.1) is 11.3 Å². The van der Waals surface area contributed by atoms with Crippen LogP contribution < -0.4 is 5.32 Å². The highest BCUT2D eigenvalue weighted by Crippen LogP contribution is 2.42. The topological polar surface area (TPSA) is 63.6 Å². The number of amides is 2. The lowest BCUT2D eigenvalue weighted by molar-refractivity contribution is 0.0526. The third kappa shape index (κ3) is 3.60. The first-order valence-corrected chi connectivity index (χ1v) is 12.0. The van der Waals surface area contributed by atoms with E-state index in [9.17, 15) is 9.59 Å². The first kappa shape index (κ1) is 20.8. The van der Waals surface area contributed by atoms with E-state index in [1.807, 2.05) is 16.2 Å². The number of carbonyl (C=O) groups excluding carboxylic acids is 2. The van der Waals surface area contributed by atoms with Crippen molar-refractivity contribution in [1.29, 1.82) is 0 Å². The lowest BCUT2D eigenvalue weighted by Crippen LogP contribution is -2.36. The minimum atomic E-state index is -0.359. The Morgan fingerprint density at radius 1 is 1.12 bits per heavy atom. The fourth-order valence-electron chi connectivity index (χ4n) is 4.71. The molecule has 32 heavy (non-hydrogen) atoms. The van der Waals surface area contributed by atoms with Crippen LogP contribution in [0.1, 0.15) is 64.8 Å². The Bertz CT molecular complexity index is 1160. The Hall–Kier alpha value is -3.06. The molecule has 7 heteroatoms. The maximum absolute atomic E-state index is 13.4. The van der Waals surface area contributed by atoms with Gasteiger partial charge in [0.2, 0.25) is 0 Å². The molecule has 1 aliphatic heterocycles. The number of aromatic nitrogens is 1. The Morgan fingerprint density at radius 2 is 1.91 bits per heavy atom. The van der Waals surface area contributed by atoms with Crippen LogP contribution in [0.5, 0.6) is 0 Å². The van der Waals surface area contributed by atoms with E-state index in [0.717, 1.165) is 18.5 Å². The van der Waals surface area contributed by atoms with Gasteiger partial charge in [-0.3, -0.25) is 0 Å². The second-order valence-electron chi connectivity index (χ2n) is 8.33. The van der Waals surface area contributed by atoms with Crippen LogP contribution in [0.25, 0.3) is 5.00 Å². The highest BCUT2D eigenvalue weighted by molar-refractivity contribution is 7.15. The standard InChI is InChI=1S/C25H27N3O3S/c1-3-31-24(29)17-10-12-18(13-11-17)26-25(30)28-15-20-19-7-4-5-9-22(19)32-23(20)27-14-6-8-21(27)16(28)2/h6,8,10-14,16H,3-5,7,9,15H2,1-2H3,(H,26,30)/t16-/m0/s1. The van der Waals surface area contributed by atoms with Crippen molar-refractivity contribution in [3.05, 3.63) is 69.9 Å². The summed E-state index contributed by atoms with van der Waals surface area (Å²) in [5, 5.41) is 4.28. The normalized spacial score (nSPS) is 17.1. The van der Waals surface area contributed by atoms with Crippen molar-refractivity contribution < 1.29 is 14.3 Å². The first-order valence-electron chi connectivity index (χ1n) is 11.2. The molecule has 5 rings (SSSR count). The van der Waals surface area contributed by atoms with Gasteiger partial charge < -0.3 is 19.5 Å². The summed E-state index contributed by atoms with van der Waals surface area (Å²) >= 11 is 1.89. The summed E-state index contributed by atoms with van der Waals surface area (Å²) in [6, 6.07) is 10.8. The molecule has 2 aromatic heterocycles. The van der Waals surface area contributed by atoms with Gasteiger partial charge in [0.05, 0.1) is 24.8 Å². The molecule has 1 aromatic carbocycles. The predicted molar refractivity (Wildman–Crippen MR) is 126 cm³/mol. The number of fused-ring (bicyclic) bond motifs is 5. The molecule has 0 spiro atoms. The number of rotatable bonds is 3. The molecule has 166 valence electrons. The van der Waals surface area contributed by atoms with E-state index in [2.05, 4.69) is 35.1 Å². The Balaban J connectivity index is 1.43. The molecule has 3 heterocycles. The molecule has 1 aliphatic carbocycles. The van der Waals surface area contributed by atoms with Gasteiger partial charge in [0.15, 0.2) is 0 Å². The Kier molecular flexibility index (Phi) is 5.51. The minimum absolute atomic E-state index is 0.0670. The first-order chi connectivity index (χ1) is 15.6. The molecule has 3 aromatic rings. The number of hydrogen-bond donors (Lipinski definition) is 1. The molecule has 6 nitrogen and oxygen atoms in total. The third-order valence-corrected chi connectivity index (χ3v) is 7.72. The second kappa shape index (κ2) is 8.47. The molecular formula is C25H27N3O3S. The third-order valence-electron chi connectivity index (χ3n) is 6.39. The molecule has 0 radical (unpaired) electrons. The van der Waals surface area contributed by atoms with Gasteiger partial charge in [-0.05, 0) is 81.5 Å². The lowest BCUT2D eigenvalue weighted by atomic mass is 9.95. The highest BCUT2D eigenvalue weighted by Gasteiger charge is 2.33. The van der Waals surface area contributed by atoms with Gasteiger partial charge in [0, 0.05) is 28.0 Å². The Labute approximate surface area is 191 Å². The van der Waals surface area contributed by atoms with E-state index >= 15 is 0 Å². The molecule has 0 unspecified atom stereocenters. The van der Waals surface area contributed by atoms with Crippen LogP contribution in [0.4, 0.5) is 10.5 Å². The number of benzene rings is 1. The number of nitrogens with one attached hydrogen (secondary N) is 1. The fraction of sp³-hybridized carbons (Fsp3) is 0.360. The molecule has 2 amide bonds. The van der Waals surface area contributed by atoms with Crippen molar-refractivity contribution in [2.75, 3.05) is 11.9 Å². The van der Waals surface area contributed by atoms with E-state index in [4.69, 9.17) is 4.74 Å². The van der Waals surface area contributed by atoms with Crippen molar-refractivity contribution in [2.24, 2.45) is 0 Å². The van der Waals surface area contributed by atoms with E-state index in [1.54, 1.807) is 31.2 Å². The average Bonchev–Trinajstić information content (AvgIpc) is 3.40. The summed E-state index contributed by atoms with van der Waals surface area (Å²) in [4.78, 5) is 28.7. The SMILES string of the molecule is CCOC(=O)c1ccc(NC(=O)N2Cc3c(sc4c3CCCC4)-n3cccc3[C@@H]2C)cc1. The molecule has 2 aliphatic rings. The number of ether oxygens (including phenoxy) is 1. The highest BCUT2D eigenvalue weighted by atomic mass is 32.1. The van der Waals surface area contributed by atoms with Crippen LogP contribution in [0.2, 0.25) is 0 Å². The molecule has 0 bridgehead atoms. The largest absolute Gasteiger partial charge is 0.462 e. The van der Waals surface area contributed by atoms with Crippen LogP contribution in [0, 0.1) is 0 Å². The molecule has 1 N–H and O–H groups in total. The zero-order valence-electron chi connectivity index (χ0n) is 18.4. The van der Waals surface area contributed by atoms with Crippen LogP contribution >= 0.6 is 11.3 Å². The van der Waals surface area contributed by atoms with Crippen LogP contribution in [0.3, 0.4) is 0 Å². The number of thiophene rings is 1.